The number of methoxy groups -OCH3 is 1. The molecule has 39 heavy (non-hydrogen) atoms. The second-order valence-corrected chi connectivity index (χ2v) is 10.1. The molecule has 2 aliphatic heterocycles. The molecule has 2 fully saturated rings. The number of halogens is 3. The molecule has 1 aromatic carbocycles. The summed E-state index contributed by atoms with van der Waals surface area (Å²) < 4.78 is 62.8. The van der Waals surface area contributed by atoms with Crippen LogP contribution in [0.5, 0.6) is 11.8 Å². The van der Waals surface area contributed by atoms with Gasteiger partial charge < -0.3 is 14.2 Å². The fourth-order valence-corrected chi connectivity index (χ4v) is 6.03. The summed E-state index contributed by atoms with van der Waals surface area (Å²) >= 11 is 0. The monoisotopic (exact) mass is 543 g/mol. The van der Waals surface area contributed by atoms with Crippen molar-refractivity contribution >= 4 is 16.4 Å². The number of rotatable bonds is 8. The van der Waals surface area contributed by atoms with Crippen LogP contribution in [-0.2, 0) is 11.2 Å². The van der Waals surface area contributed by atoms with E-state index in [-0.39, 0.29) is 35.9 Å². The van der Waals surface area contributed by atoms with Crippen LogP contribution < -0.4 is 15.0 Å². The number of aromatic nitrogens is 4. The summed E-state index contributed by atoms with van der Waals surface area (Å²) in [4.78, 5) is 22.2. The van der Waals surface area contributed by atoms with Gasteiger partial charge in [-0.3, -0.25) is 14.7 Å². The van der Waals surface area contributed by atoms with Crippen LogP contribution >= 0.6 is 0 Å². The smallest absolute Gasteiger partial charge is 0.297 e. The number of aromatic amines is 1. The third-order valence-electron chi connectivity index (χ3n) is 7.76. The molecule has 0 aliphatic carbocycles. The maximum absolute atomic E-state index is 15.5. The van der Waals surface area contributed by atoms with Gasteiger partial charge in [-0.15, -0.1) is 0 Å². The van der Waals surface area contributed by atoms with E-state index in [4.69, 9.17) is 14.2 Å². The average molecular weight is 544 g/mol. The molecular weight excluding hydrogens is 515 g/mol. The second kappa shape index (κ2) is 9.83. The molecule has 0 radical (unpaired) electrons. The van der Waals surface area contributed by atoms with Crippen LogP contribution in [0.4, 0.5) is 13.2 Å². The van der Waals surface area contributed by atoms with Gasteiger partial charge in [0.25, 0.3) is 11.6 Å². The number of benzene rings is 1. The summed E-state index contributed by atoms with van der Waals surface area (Å²) in [5.74, 6) is -1.62. The standard InChI is InChI=1S/C27H28F3N5O4/c1-3-15-10-31-35-12-17(39-14-37-2)7-18(24(15)35)21-19(29)8-20(30)23-22(21)25(36)33-26(32-23)38-13-27-5-4-6-34(27)11-16(28)9-27/h7-8,10,12,16H,3-6,9,11,13-14H2,1-2H3,(H,32,33,36)/t16-,27+/m1/s1. The van der Waals surface area contributed by atoms with Crippen LogP contribution in [0.1, 0.15) is 31.7 Å². The third-order valence-corrected chi connectivity index (χ3v) is 7.76. The van der Waals surface area contributed by atoms with Crippen molar-refractivity contribution in [3.63, 3.8) is 0 Å². The van der Waals surface area contributed by atoms with Crippen molar-refractivity contribution < 1.29 is 27.4 Å². The lowest BCUT2D eigenvalue weighted by Crippen LogP contribution is -2.43. The van der Waals surface area contributed by atoms with Crippen LogP contribution in [0.25, 0.3) is 27.5 Å². The lowest BCUT2D eigenvalue weighted by Gasteiger charge is -2.30. The Labute approximate surface area is 221 Å². The third kappa shape index (κ3) is 4.31. The van der Waals surface area contributed by atoms with Crippen molar-refractivity contribution in [3.05, 3.63) is 52.1 Å². The number of alkyl halides is 1. The molecule has 206 valence electrons. The number of aryl methyl sites for hydroxylation is 1. The number of nitrogens with zero attached hydrogens (tertiary/aromatic N) is 4. The topological polar surface area (TPSA) is 94.0 Å². The molecule has 0 saturated carbocycles. The van der Waals surface area contributed by atoms with E-state index in [0.717, 1.165) is 24.9 Å². The van der Waals surface area contributed by atoms with Crippen molar-refractivity contribution in [1.82, 2.24) is 24.5 Å². The Balaban J connectivity index is 1.47. The minimum absolute atomic E-state index is 0.0651. The molecule has 1 N–H and O–H groups in total. The number of hydrogen-bond donors (Lipinski definition) is 1. The molecule has 2 aliphatic rings. The number of hydrogen-bond acceptors (Lipinski definition) is 7. The predicted octanol–water partition coefficient (Wildman–Crippen LogP) is 4.02. The highest BCUT2D eigenvalue weighted by atomic mass is 19.1. The predicted molar refractivity (Wildman–Crippen MR) is 137 cm³/mol. The fraction of sp³-hybridized carbons (Fsp3) is 0.444. The number of fused-ring (bicyclic) bond motifs is 3. The molecule has 0 unspecified atom stereocenters. The normalized spacial score (nSPS) is 21.2. The Morgan fingerprint density at radius 1 is 1.23 bits per heavy atom. The maximum Gasteiger partial charge on any atom is 0.297 e. The van der Waals surface area contributed by atoms with E-state index >= 15 is 8.78 Å². The molecule has 12 heteroatoms. The molecular formula is C27H28F3N5O4. The van der Waals surface area contributed by atoms with Crippen molar-refractivity contribution in [1.29, 1.82) is 0 Å². The van der Waals surface area contributed by atoms with E-state index in [0.29, 0.717) is 42.3 Å². The lowest BCUT2D eigenvalue weighted by molar-refractivity contribution is 0.0508. The first-order chi connectivity index (χ1) is 18.8. The van der Waals surface area contributed by atoms with Crippen LogP contribution in [0.15, 0.2) is 29.3 Å². The molecule has 0 spiro atoms. The Morgan fingerprint density at radius 2 is 2.08 bits per heavy atom. The summed E-state index contributed by atoms with van der Waals surface area (Å²) in [6, 6.07) is 2.07. The van der Waals surface area contributed by atoms with E-state index in [9.17, 15) is 9.18 Å². The Morgan fingerprint density at radius 3 is 2.87 bits per heavy atom. The van der Waals surface area contributed by atoms with Gasteiger partial charge in [0.1, 0.15) is 29.9 Å². The number of H-pyrrole nitrogens is 1. The minimum atomic E-state index is -1.00. The summed E-state index contributed by atoms with van der Waals surface area (Å²) in [5.41, 5.74) is -0.0682. The molecule has 5 heterocycles. The first-order valence-corrected chi connectivity index (χ1v) is 12.9. The van der Waals surface area contributed by atoms with Gasteiger partial charge in [-0.05, 0) is 37.4 Å². The number of ether oxygens (including phenoxy) is 3. The van der Waals surface area contributed by atoms with E-state index in [1.54, 1.807) is 18.5 Å². The molecule has 0 bridgehead atoms. The molecule has 0 amide bonds. The van der Waals surface area contributed by atoms with Crippen molar-refractivity contribution in [3.8, 4) is 22.9 Å². The van der Waals surface area contributed by atoms with E-state index in [1.165, 1.54) is 11.6 Å². The van der Waals surface area contributed by atoms with Gasteiger partial charge in [0, 0.05) is 37.3 Å². The molecule has 9 nitrogen and oxygen atoms in total. The Bertz CT molecular complexity index is 1620. The van der Waals surface area contributed by atoms with Gasteiger partial charge in [0.2, 0.25) is 0 Å². The van der Waals surface area contributed by atoms with Crippen molar-refractivity contribution in [2.45, 2.75) is 44.3 Å². The second-order valence-electron chi connectivity index (χ2n) is 10.1. The van der Waals surface area contributed by atoms with Gasteiger partial charge in [0.15, 0.2) is 12.6 Å². The maximum atomic E-state index is 15.5. The fourth-order valence-electron chi connectivity index (χ4n) is 6.03. The van der Waals surface area contributed by atoms with Gasteiger partial charge in [-0.25, -0.2) is 17.7 Å². The van der Waals surface area contributed by atoms with Gasteiger partial charge >= 0.3 is 0 Å². The van der Waals surface area contributed by atoms with Crippen molar-refractivity contribution in [2.75, 3.05) is 33.6 Å². The Kier molecular flexibility index (Phi) is 6.46. The largest absolute Gasteiger partial charge is 0.466 e. The highest BCUT2D eigenvalue weighted by Gasteiger charge is 2.49. The highest BCUT2D eigenvalue weighted by Crippen LogP contribution is 2.41. The average Bonchev–Trinajstić information content (AvgIpc) is 3.58. The minimum Gasteiger partial charge on any atom is -0.466 e. The van der Waals surface area contributed by atoms with E-state index < -0.39 is 28.9 Å². The van der Waals surface area contributed by atoms with Gasteiger partial charge in [0.05, 0.1) is 28.8 Å². The lowest BCUT2D eigenvalue weighted by atomic mass is 9.95. The summed E-state index contributed by atoms with van der Waals surface area (Å²) in [5, 5.41) is 4.08. The van der Waals surface area contributed by atoms with Gasteiger partial charge in [-0.2, -0.15) is 10.1 Å². The number of pyridine rings is 1. The SMILES string of the molecule is CCc1cnn2cc(OCOC)cc(-c3c(F)cc(F)c4nc(OC[C@@]56CCCN5C[C@H](F)C6)[nH]c(=O)c34)c12. The van der Waals surface area contributed by atoms with E-state index in [2.05, 4.69) is 20.0 Å². The van der Waals surface area contributed by atoms with Crippen LogP contribution in [0.3, 0.4) is 0 Å². The zero-order valence-electron chi connectivity index (χ0n) is 21.6. The van der Waals surface area contributed by atoms with Crippen LogP contribution in [-0.4, -0.2) is 69.8 Å². The summed E-state index contributed by atoms with van der Waals surface area (Å²) in [6.07, 6.45) is 4.91. The zero-order valence-corrected chi connectivity index (χ0v) is 21.6. The first-order valence-electron chi connectivity index (χ1n) is 12.9. The molecule has 6 rings (SSSR count). The molecule has 3 aromatic heterocycles. The summed E-state index contributed by atoms with van der Waals surface area (Å²) in [7, 11) is 1.47. The number of nitrogens with one attached hydrogen (secondary N) is 1. The quantitative estimate of drug-likeness (QED) is 0.336. The highest BCUT2D eigenvalue weighted by molar-refractivity contribution is 5.99. The summed E-state index contributed by atoms with van der Waals surface area (Å²) in [6.45, 7) is 3.09. The van der Waals surface area contributed by atoms with Gasteiger partial charge in [-0.1, -0.05) is 6.92 Å². The molecule has 2 saturated heterocycles. The van der Waals surface area contributed by atoms with Crippen LogP contribution in [0, 0.1) is 11.6 Å². The van der Waals surface area contributed by atoms with E-state index in [1.807, 2.05) is 6.92 Å². The first kappa shape index (κ1) is 25.6. The molecule has 2 atom stereocenters. The zero-order chi connectivity index (χ0) is 27.3. The van der Waals surface area contributed by atoms with Crippen molar-refractivity contribution in [2.24, 2.45) is 0 Å². The Hall–Kier alpha value is -3.64. The van der Waals surface area contributed by atoms with Crippen LogP contribution in [0.2, 0.25) is 0 Å². The molecule has 4 aromatic rings.